The van der Waals surface area contributed by atoms with Crippen LogP contribution in [0.2, 0.25) is 0 Å². The molecule has 0 aliphatic rings. The number of hydrogen-bond acceptors (Lipinski definition) is 2. The molecule has 1 unspecified atom stereocenters. The zero-order valence-electron chi connectivity index (χ0n) is 10.9. The van der Waals surface area contributed by atoms with Crippen molar-refractivity contribution in [3.63, 3.8) is 0 Å². The molecule has 86 valence electrons. The molecule has 0 amide bonds. The minimum Gasteiger partial charge on any atom is -0.390 e. The Hall–Kier alpha value is -0.0800. The highest BCUT2D eigenvalue weighted by Gasteiger charge is 2.34. The molecule has 0 spiro atoms. The van der Waals surface area contributed by atoms with Crippen LogP contribution in [0.3, 0.4) is 0 Å². The lowest BCUT2D eigenvalue weighted by Crippen LogP contribution is -2.45. The zero-order valence-corrected chi connectivity index (χ0v) is 10.9. The number of nitrogens with one attached hydrogen (secondary N) is 1. The largest absolute Gasteiger partial charge is 0.390 e. The average Bonchev–Trinajstić information content (AvgIpc) is 1.80. The second kappa shape index (κ2) is 4.19. The van der Waals surface area contributed by atoms with Gasteiger partial charge in [0.15, 0.2) is 0 Å². The van der Waals surface area contributed by atoms with Crippen molar-refractivity contribution in [2.45, 2.75) is 66.0 Å². The molecular formula is C12H27NO. The van der Waals surface area contributed by atoms with Crippen molar-refractivity contribution in [1.82, 2.24) is 5.32 Å². The van der Waals surface area contributed by atoms with E-state index in [0.29, 0.717) is 0 Å². The molecular weight excluding hydrogens is 174 g/mol. The van der Waals surface area contributed by atoms with E-state index in [2.05, 4.69) is 46.9 Å². The maximum Gasteiger partial charge on any atom is 0.0679 e. The molecule has 0 aromatic rings. The van der Waals surface area contributed by atoms with Crippen LogP contribution in [0.5, 0.6) is 0 Å². The Kier molecular flexibility index (Phi) is 4.17. The van der Waals surface area contributed by atoms with Crippen molar-refractivity contribution >= 4 is 0 Å². The number of aliphatic hydroxyl groups is 1. The first-order valence-electron chi connectivity index (χ1n) is 5.43. The highest BCUT2D eigenvalue weighted by Crippen LogP contribution is 2.32. The van der Waals surface area contributed by atoms with E-state index < -0.39 is 5.60 Å². The fourth-order valence-corrected chi connectivity index (χ4v) is 1.06. The molecule has 0 aromatic carbocycles. The van der Waals surface area contributed by atoms with Crippen molar-refractivity contribution in [2.75, 3.05) is 6.54 Å². The predicted molar refractivity (Wildman–Crippen MR) is 62.5 cm³/mol. The lowest BCUT2D eigenvalue weighted by Gasteiger charge is -2.38. The summed E-state index contributed by atoms with van der Waals surface area (Å²) in [6, 6.07) is 0. The molecule has 14 heavy (non-hydrogen) atoms. The Morgan fingerprint density at radius 1 is 0.929 bits per heavy atom. The topological polar surface area (TPSA) is 32.3 Å². The zero-order chi connectivity index (χ0) is 11.6. The summed E-state index contributed by atoms with van der Waals surface area (Å²) < 4.78 is 0. The van der Waals surface area contributed by atoms with E-state index in [4.69, 9.17) is 0 Å². The van der Waals surface area contributed by atoms with Crippen LogP contribution < -0.4 is 5.32 Å². The highest BCUT2D eigenvalue weighted by molar-refractivity contribution is 4.87. The summed E-state index contributed by atoms with van der Waals surface area (Å²) in [4.78, 5) is 0. The van der Waals surface area contributed by atoms with Gasteiger partial charge in [-0.2, -0.15) is 0 Å². The van der Waals surface area contributed by atoms with Gasteiger partial charge in [-0.25, -0.2) is 0 Å². The lowest BCUT2D eigenvalue weighted by atomic mass is 9.76. The molecule has 0 saturated carbocycles. The van der Waals surface area contributed by atoms with Crippen molar-refractivity contribution in [3.8, 4) is 0 Å². The summed E-state index contributed by atoms with van der Waals surface area (Å²) in [6.45, 7) is 15.4. The van der Waals surface area contributed by atoms with Crippen LogP contribution >= 0.6 is 0 Å². The summed E-state index contributed by atoms with van der Waals surface area (Å²) in [7, 11) is 0. The first-order valence-corrected chi connectivity index (χ1v) is 5.43. The van der Waals surface area contributed by atoms with Crippen molar-refractivity contribution in [3.05, 3.63) is 0 Å². The van der Waals surface area contributed by atoms with E-state index in [0.717, 1.165) is 13.0 Å². The van der Waals surface area contributed by atoms with Crippen LogP contribution in [0, 0.1) is 5.41 Å². The minimum atomic E-state index is -0.606. The Morgan fingerprint density at radius 2 is 1.36 bits per heavy atom. The Bertz CT molecular complexity index is 172. The summed E-state index contributed by atoms with van der Waals surface area (Å²) in [5.41, 5.74) is -0.536. The lowest BCUT2D eigenvalue weighted by molar-refractivity contribution is -0.0481. The SMILES string of the molecule is CC(C)(C)NCCC(C)(O)C(C)(C)C. The van der Waals surface area contributed by atoms with Gasteiger partial charge in [-0.3, -0.25) is 0 Å². The van der Waals surface area contributed by atoms with Crippen LogP contribution in [0.1, 0.15) is 54.9 Å². The van der Waals surface area contributed by atoms with Crippen LogP contribution in [0.25, 0.3) is 0 Å². The fourth-order valence-electron chi connectivity index (χ4n) is 1.06. The van der Waals surface area contributed by atoms with E-state index in [9.17, 15) is 5.11 Å². The van der Waals surface area contributed by atoms with E-state index in [1.165, 1.54) is 0 Å². The van der Waals surface area contributed by atoms with Crippen molar-refractivity contribution in [2.24, 2.45) is 5.41 Å². The smallest absolute Gasteiger partial charge is 0.0679 e. The van der Waals surface area contributed by atoms with Gasteiger partial charge in [0.2, 0.25) is 0 Å². The highest BCUT2D eigenvalue weighted by atomic mass is 16.3. The van der Waals surface area contributed by atoms with E-state index in [-0.39, 0.29) is 11.0 Å². The molecule has 0 saturated heterocycles. The molecule has 0 fully saturated rings. The van der Waals surface area contributed by atoms with Crippen molar-refractivity contribution < 1.29 is 5.11 Å². The maximum absolute atomic E-state index is 10.2. The first kappa shape index (κ1) is 13.9. The molecule has 0 aromatic heterocycles. The molecule has 2 heteroatoms. The van der Waals surface area contributed by atoms with Gasteiger partial charge in [-0.15, -0.1) is 0 Å². The summed E-state index contributed by atoms with van der Waals surface area (Å²) in [5, 5.41) is 13.6. The Labute approximate surface area is 89.1 Å². The quantitative estimate of drug-likeness (QED) is 0.735. The first-order chi connectivity index (χ1) is 5.96. The van der Waals surface area contributed by atoms with Gasteiger partial charge in [0.05, 0.1) is 5.60 Å². The summed E-state index contributed by atoms with van der Waals surface area (Å²) in [5.74, 6) is 0. The molecule has 0 rings (SSSR count). The van der Waals surface area contributed by atoms with E-state index >= 15 is 0 Å². The third-order valence-corrected chi connectivity index (χ3v) is 2.88. The van der Waals surface area contributed by atoms with Crippen LogP contribution in [-0.2, 0) is 0 Å². The van der Waals surface area contributed by atoms with Gasteiger partial charge in [-0.1, -0.05) is 20.8 Å². The monoisotopic (exact) mass is 201 g/mol. The second-order valence-corrected chi connectivity index (χ2v) is 6.45. The van der Waals surface area contributed by atoms with Gasteiger partial charge in [-0.05, 0) is 46.1 Å². The molecule has 2 nitrogen and oxygen atoms in total. The van der Waals surface area contributed by atoms with Gasteiger partial charge in [0.25, 0.3) is 0 Å². The van der Waals surface area contributed by atoms with Gasteiger partial charge in [0, 0.05) is 5.54 Å². The second-order valence-electron chi connectivity index (χ2n) is 6.45. The van der Waals surface area contributed by atoms with Crippen molar-refractivity contribution in [1.29, 1.82) is 0 Å². The predicted octanol–water partition coefficient (Wildman–Crippen LogP) is 2.56. The molecule has 2 N–H and O–H groups in total. The minimum absolute atomic E-state index is 0.0629. The molecule has 0 radical (unpaired) electrons. The Balaban J connectivity index is 4.02. The molecule has 0 aliphatic carbocycles. The van der Waals surface area contributed by atoms with Gasteiger partial charge >= 0.3 is 0 Å². The summed E-state index contributed by atoms with van der Waals surface area (Å²) >= 11 is 0. The molecule has 1 atom stereocenters. The third-order valence-electron chi connectivity index (χ3n) is 2.88. The van der Waals surface area contributed by atoms with Crippen LogP contribution in [0.4, 0.5) is 0 Å². The van der Waals surface area contributed by atoms with E-state index in [1.54, 1.807) is 0 Å². The normalized spacial score (nSPS) is 18.0. The number of hydrogen-bond donors (Lipinski definition) is 2. The van der Waals surface area contributed by atoms with Gasteiger partial charge in [0.1, 0.15) is 0 Å². The molecule has 0 bridgehead atoms. The van der Waals surface area contributed by atoms with Crippen LogP contribution in [-0.4, -0.2) is 22.8 Å². The summed E-state index contributed by atoms with van der Waals surface area (Å²) in [6.07, 6.45) is 0.785. The maximum atomic E-state index is 10.2. The molecule has 0 aliphatic heterocycles. The van der Waals surface area contributed by atoms with Crippen LogP contribution in [0.15, 0.2) is 0 Å². The van der Waals surface area contributed by atoms with E-state index in [1.807, 2.05) is 6.92 Å². The van der Waals surface area contributed by atoms with Gasteiger partial charge < -0.3 is 10.4 Å². The fraction of sp³-hybridized carbons (Fsp3) is 1.00. The number of rotatable bonds is 3. The molecule has 0 heterocycles. The average molecular weight is 201 g/mol. The Morgan fingerprint density at radius 3 is 1.64 bits per heavy atom. The standard InChI is InChI=1S/C12H27NO/c1-10(2,3)12(7,14)8-9-13-11(4,5)6/h13-14H,8-9H2,1-7H3. The third kappa shape index (κ3) is 4.97.